The number of fused-ring (bicyclic) bond motifs is 3. The highest BCUT2D eigenvalue weighted by Gasteiger charge is 2.31. The monoisotopic (exact) mass is 329 g/mol. The maximum Gasteiger partial charge on any atom is 0.161 e. The minimum Gasteiger partial charge on any atom is -0.493 e. The lowest BCUT2D eigenvalue weighted by Gasteiger charge is -2.42. The summed E-state index contributed by atoms with van der Waals surface area (Å²) in [7, 11) is 4.98. The zero-order valence-electron chi connectivity index (χ0n) is 14.5. The van der Waals surface area contributed by atoms with Gasteiger partial charge in [-0.15, -0.1) is 0 Å². The van der Waals surface area contributed by atoms with Crippen molar-refractivity contribution in [2.45, 2.75) is 6.42 Å². The molecule has 2 aliphatic heterocycles. The number of methoxy groups -OCH3 is 3. The second-order valence-electron chi connectivity index (χ2n) is 6.00. The molecule has 6 nitrogen and oxygen atoms in total. The summed E-state index contributed by atoms with van der Waals surface area (Å²) in [6.07, 6.45) is 0.927. The first-order valence-electron chi connectivity index (χ1n) is 8.06. The van der Waals surface area contributed by atoms with Crippen molar-refractivity contribution in [1.82, 2.24) is 9.80 Å². The smallest absolute Gasteiger partial charge is 0.161 e. The Bertz CT molecular complexity index is 693. The number of hydrogen-bond acceptors (Lipinski definition) is 6. The minimum absolute atomic E-state index is 0.652. The molecule has 0 radical (unpaired) electrons. The molecule has 0 spiro atoms. The average molecular weight is 329 g/mol. The number of rotatable bonds is 5. The van der Waals surface area contributed by atoms with Gasteiger partial charge in [0.05, 0.1) is 44.8 Å². The molecule has 24 heavy (non-hydrogen) atoms. The van der Waals surface area contributed by atoms with Crippen LogP contribution in [0.25, 0.3) is 5.70 Å². The molecule has 0 bridgehead atoms. The van der Waals surface area contributed by atoms with Crippen LogP contribution in [-0.2, 0) is 11.2 Å². The van der Waals surface area contributed by atoms with Gasteiger partial charge in [-0.25, -0.2) is 0 Å². The Kier molecular flexibility index (Phi) is 4.93. The molecule has 2 heterocycles. The van der Waals surface area contributed by atoms with E-state index in [9.17, 15) is 5.26 Å². The summed E-state index contributed by atoms with van der Waals surface area (Å²) >= 11 is 0. The van der Waals surface area contributed by atoms with Crippen molar-refractivity contribution < 1.29 is 14.2 Å². The molecule has 128 valence electrons. The summed E-state index contributed by atoms with van der Waals surface area (Å²) in [5, 5.41) is 9.68. The molecular formula is C18H23N3O3. The Morgan fingerprint density at radius 2 is 1.92 bits per heavy atom. The first kappa shape index (κ1) is 16.6. The third-order valence-corrected chi connectivity index (χ3v) is 4.62. The number of benzene rings is 1. The molecule has 0 amide bonds. The van der Waals surface area contributed by atoms with Gasteiger partial charge in [0.2, 0.25) is 0 Å². The summed E-state index contributed by atoms with van der Waals surface area (Å²) in [4.78, 5) is 4.53. The highest BCUT2D eigenvalue weighted by molar-refractivity contribution is 5.77. The van der Waals surface area contributed by atoms with E-state index in [1.165, 1.54) is 5.56 Å². The summed E-state index contributed by atoms with van der Waals surface area (Å²) in [5.41, 5.74) is 4.12. The maximum atomic E-state index is 9.68. The molecule has 3 rings (SSSR count). The summed E-state index contributed by atoms with van der Waals surface area (Å²) in [5.74, 6) is 1.44. The van der Waals surface area contributed by atoms with Gasteiger partial charge in [0.15, 0.2) is 11.5 Å². The lowest BCUT2D eigenvalue weighted by atomic mass is 9.92. The van der Waals surface area contributed by atoms with E-state index in [1.807, 2.05) is 12.1 Å². The van der Waals surface area contributed by atoms with Gasteiger partial charge >= 0.3 is 0 Å². The van der Waals surface area contributed by atoms with Crippen molar-refractivity contribution >= 4 is 5.70 Å². The first-order valence-corrected chi connectivity index (χ1v) is 8.06. The second kappa shape index (κ2) is 7.12. The highest BCUT2D eigenvalue weighted by atomic mass is 16.5. The van der Waals surface area contributed by atoms with Crippen LogP contribution in [0.5, 0.6) is 11.5 Å². The SMILES string of the molecule is COCCN1CC(C#N)=C2c3cc(OC)c(OC)cc3CCN2C1. The Balaban J connectivity index is 2.02. The van der Waals surface area contributed by atoms with Crippen LogP contribution in [0.1, 0.15) is 11.1 Å². The molecule has 0 unspecified atom stereocenters. The minimum atomic E-state index is 0.652. The van der Waals surface area contributed by atoms with Crippen LogP contribution < -0.4 is 9.47 Å². The molecule has 0 fully saturated rings. The van der Waals surface area contributed by atoms with Crippen LogP contribution >= 0.6 is 0 Å². The molecular weight excluding hydrogens is 306 g/mol. The predicted molar refractivity (Wildman–Crippen MR) is 90.8 cm³/mol. The van der Waals surface area contributed by atoms with E-state index < -0.39 is 0 Å². The predicted octanol–water partition coefficient (Wildman–Crippen LogP) is 1.72. The molecule has 0 saturated heterocycles. The third kappa shape index (κ3) is 2.93. The van der Waals surface area contributed by atoms with Gasteiger partial charge in [-0.3, -0.25) is 4.90 Å². The molecule has 1 aromatic rings. The van der Waals surface area contributed by atoms with Crippen molar-refractivity contribution in [2.24, 2.45) is 0 Å². The fourth-order valence-corrected chi connectivity index (χ4v) is 3.43. The first-order chi connectivity index (χ1) is 11.7. The van der Waals surface area contributed by atoms with E-state index >= 15 is 0 Å². The lowest BCUT2D eigenvalue weighted by molar-refractivity contribution is 0.116. The van der Waals surface area contributed by atoms with Crippen molar-refractivity contribution in [3.05, 3.63) is 28.8 Å². The summed E-state index contributed by atoms with van der Waals surface area (Å²) in [6.45, 7) is 3.86. The van der Waals surface area contributed by atoms with Gasteiger partial charge in [-0.05, 0) is 24.1 Å². The highest BCUT2D eigenvalue weighted by Crippen LogP contribution is 2.40. The quantitative estimate of drug-likeness (QED) is 0.820. The molecule has 0 aliphatic carbocycles. The van der Waals surface area contributed by atoms with Crippen LogP contribution in [0.15, 0.2) is 17.7 Å². The number of nitrogens with zero attached hydrogens (tertiary/aromatic N) is 3. The van der Waals surface area contributed by atoms with E-state index in [4.69, 9.17) is 14.2 Å². The molecule has 0 saturated carbocycles. The lowest BCUT2D eigenvalue weighted by Crippen LogP contribution is -2.46. The fourth-order valence-electron chi connectivity index (χ4n) is 3.43. The molecule has 0 aromatic heterocycles. The molecule has 6 heteroatoms. The summed E-state index contributed by atoms with van der Waals surface area (Å²) in [6, 6.07) is 6.43. The van der Waals surface area contributed by atoms with Crippen LogP contribution in [0.2, 0.25) is 0 Å². The Morgan fingerprint density at radius 1 is 1.17 bits per heavy atom. The number of nitriles is 1. The van der Waals surface area contributed by atoms with Gasteiger partial charge in [0, 0.05) is 32.3 Å². The van der Waals surface area contributed by atoms with E-state index in [1.54, 1.807) is 21.3 Å². The van der Waals surface area contributed by atoms with E-state index in [0.29, 0.717) is 18.9 Å². The van der Waals surface area contributed by atoms with Crippen LogP contribution in [0, 0.1) is 11.3 Å². The normalized spacial score (nSPS) is 17.2. The van der Waals surface area contributed by atoms with Gasteiger partial charge in [-0.2, -0.15) is 5.26 Å². The van der Waals surface area contributed by atoms with E-state index in [2.05, 4.69) is 15.9 Å². The zero-order valence-corrected chi connectivity index (χ0v) is 14.5. The van der Waals surface area contributed by atoms with Crippen LogP contribution in [0.4, 0.5) is 0 Å². The zero-order chi connectivity index (χ0) is 17.1. The standard InChI is InChI=1S/C18H23N3O3/c1-22-7-6-20-11-14(10-19)18-15-9-17(24-3)16(23-2)8-13(15)4-5-21(18)12-20/h8-9H,4-7,11-12H2,1-3H3. The average Bonchev–Trinajstić information content (AvgIpc) is 2.63. The molecule has 2 aliphatic rings. The van der Waals surface area contributed by atoms with Crippen LogP contribution in [0.3, 0.4) is 0 Å². The van der Waals surface area contributed by atoms with Crippen molar-refractivity contribution in [2.75, 3.05) is 54.2 Å². The van der Waals surface area contributed by atoms with Gasteiger partial charge in [0.25, 0.3) is 0 Å². The van der Waals surface area contributed by atoms with Gasteiger partial charge < -0.3 is 19.1 Å². The Labute approximate surface area is 142 Å². The summed E-state index contributed by atoms with van der Waals surface area (Å²) < 4.78 is 16.0. The molecule has 1 aromatic carbocycles. The van der Waals surface area contributed by atoms with Crippen molar-refractivity contribution in [3.63, 3.8) is 0 Å². The topological polar surface area (TPSA) is 58.0 Å². The maximum absolute atomic E-state index is 9.68. The third-order valence-electron chi connectivity index (χ3n) is 4.62. The van der Waals surface area contributed by atoms with Crippen molar-refractivity contribution in [3.8, 4) is 17.6 Å². The number of ether oxygens (including phenoxy) is 3. The fraction of sp³-hybridized carbons (Fsp3) is 0.500. The largest absolute Gasteiger partial charge is 0.493 e. The van der Waals surface area contributed by atoms with Crippen molar-refractivity contribution in [1.29, 1.82) is 5.26 Å². The van der Waals surface area contributed by atoms with E-state index in [-0.39, 0.29) is 0 Å². The van der Waals surface area contributed by atoms with E-state index in [0.717, 1.165) is 48.8 Å². The van der Waals surface area contributed by atoms with Gasteiger partial charge in [-0.1, -0.05) is 0 Å². The Hall–Kier alpha value is -2.23. The van der Waals surface area contributed by atoms with Crippen LogP contribution in [-0.4, -0.2) is 64.0 Å². The number of hydrogen-bond donors (Lipinski definition) is 0. The van der Waals surface area contributed by atoms with Gasteiger partial charge in [0.1, 0.15) is 0 Å². The molecule has 0 N–H and O–H groups in total. The second-order valence-corrected chi connectivity index (χ2v) is 6.00. The Morgan fingerprint density at radius 3 is 2.58 bits per heavy atom. The molecule has 0 atom stereocenters.